The second kappa shape index (κ2) is 5.40. The normalized spacial score (nSPS) is 24.4. The smallest absolute Gasteiger partial charge is 0.0682 e. The van der Waals surface area contributed by atoms with Crippen LogP contribution in [0.15, 0.2) is 22.7 Å². The van der Waals surface area contributed by atoms with E-state index in [1.165, 1.54) is 24.9 Å². The number of halogens is 1. The van der Waals surface area contributed by atoms with Crippen molar-refractivity contribution < 1.29 is 5.11 Å². The van der Waals surface area contributed by atoms with E-state index in [4.69, 9.17) is 5.11 Å². The molecule has 0 amide bonds. The third kappa shape index (κ3) is 2.50. The van der Waals surface area contributed by atoms with Crippen LogP contribution in [0.5, 0.6) is 0 Å². The Morgan fingerprint density at radius 1 is 1.41 bits per heavy atom. The number of aliphatic hydroxyl groups excluding tert-OH is 1. The zero-order valence-corrected chi connectivity index (χ0v) is 12.1. The van der Waals surface area contributed by atoms with E-state index >= 15 is 0 Å². The summed E-state index contributed by atoms with van der Waals surface area (Å²) in [6.45, 7) is 4.65. The topological polar surface area (TPSA) is 23.5 Å². The monoisotopic (exact) mass is 297 g/mol. The summed E-state index contributed by atoms with van der Waals surface area (Å²) in [5.74, 6) is 0. The van der Waals surface area contributed by atoms with E-state index in [1.807, 2.05) is 12.1 Å². The van der Waals surface area contributed by atoms with Crippen molar-refractivity contribution in [2.45, 2.75) is 51.8 Å². The van der Waals surface area contributed by atoms with Crippen LogP contribution in [-0.2, 0) is 6.61 Å². The van der Waals surface area contributed by atoms with Gasteiger partial charge >= 0.3 is 0 Å². The van der Waals surface area contributed by atoms with Gasteiger partial charge in [-0.25, -0.2) is 0 Å². The molecule has 1 aliphatic heterocycles. The van der Waals surface area contributed by atoms with Crippen molar-refractivity contribution >= 4 is 21.6 Å². The minimum absolute atomic E-state index is 0.103. The average molecular weight is 298 g/mol. The third-order valence-electron chi connectivity index (χ3n) is 3.73. The van der Waals surface area contributed by atoms with Gasteiger partial charge < -0.3 is 10.0 Å². The highest BCUT2D eigenvalue weighted by molar-refractivity contribution is 9.10. The van der Waals surface area contributed by atoms with Crippen LogP contribution in [0.4, 0.5) is 5.69 Å². The number of nitrogens with zero attached hydrogens (tertiary/aromatic N) is 1. The quantitative estimate of drug-likeness (QED) is 0.919. The van der Waals surface area contributed by atoms with E-state index in [-0.39, 0.29) is 6.61 Å². The fourth-order valence-electron chi connectivity index (χ4n) is 2.76. The van der Waals surface area contributed by atoms with Crippen LogP contribution in [0, 0.1) is 0 Å². The molecule has 0 radical (unpaired) electrons. The maximum atomic E-state index is 9.13. The van der Waals surface area contributed by atoms with Crippen LogP contribution in [-0.4, -0.2) is 17.2 Å². The molecule has 94 valence electrons. The zero-order valence-electron chi connectivity index (χ0n) is 10.5. The molecule has 17 heavy (non-hydrogen) atoms. The van der Waals surface area contributed by atoms with Crippen molar-refractivity contribution in [3.05, 3.63) is 28.2 Å². The molecule has 1 heterocycles. The maximum absolute atomic E-state index is 9.13. The van der Waals surface area contributed by atoms with Gasteiger partial charge in [0, 0.05) is 16.6 Å². The summed E-state index contributed by atoms with van der Waals surface area (Å²) < 4.78 is 1.09. The summed E-state index contributed by atoms with van der Waals surface area (Å²) >= 11 is 3.63. The molecule has 0 aliphatic carbocycles. The Bertz CT molecular complexity index is 394. The number of rotatable bonds is 3. The van der Waals surface area contributed by atoms with Gasteiger partial charge in [0.1, 0.15) is 0 Å². The van der Waals surface area contributed by atoms with Gasteiger partial charge in [-0.15, -0.1) is 0 Å². The van der Waals surface area contributed by atoms with Crippen molar-refractivity contribution in [1.29, 1.82) is 0 Å². The molecule has 1 aromatic rings. The van der Waals surface area contributed by atoms with Gasteiger partial charge in [0.15, 0.2) is 0 Å². The molecular formula is C14H20BrNO. The van der Waals surface area contributed by atoms with Gasteiger partial charge in [0.25, 0.3) is 0 Å². The summed E-state index contributed by atoms with van der Waals surface area (Å²) in [5, 5.41) is 9.13. The van der Waals surface area contributed by atoms with Gasteiger partial charge in [-0.3, -0.25) is 0 Å². The lowest BCUT2D eigenvalue weighted by atomic mass is 10.1. The number of hydrogen-bond donors (Lipinski definition) is 1. The van der Waals surface area contributed by atoms with E-state index < -0.39 is 0 Å². The molecule has 0 bridgehead atoms. The average Bonchev–Trinajstić information content (AvgIpc) is 2.70. The lowest BCUT2D eigenvalue weighted by molar-refractivity contribution is 0.282. The Balaban J connectivity index is 2.32. The second-order valence-electron chi connectivity index (χ2n) is 4.84. The first-order valence-corrected chi connectivity index (χ1v) is 7.14. The fourth-order valence-corrected chi connectivity index (χ4v) is 3.40. The molecule has 1 saturated heterocycles. The van der Waals surface area contributed by atoms with Crippen molar-refractivity contribution in [3.8, 4) is 0 Å². The summed E-state index contributed by atoms with van der Waals surface area (Å²) in [4.78, 5) is 2.52. The Labute approximate surface area is 112 Å². The predicted molar refractivity (Wildman–Crippen MR) is 75.3 cm³/mol. The van der Waals surface area contributed by atoms with Gasteiger partial charge in [-0.1, -0.05) is 13.0 Å². The van der Waals surface area contributed by atoms with Crippen molar-refractivity contribution in [2.24, 2.45) is 0 Å². The molecule has 1 fully saturated rings. The minimum Gasteiger partial charge on any atom is -0.392 e. The molecule has 2 atom stereocenters. The number of benzene rings is 1. The summed E-state index contributed by atoms with van der Waals surface area (Å²) in [6, 6.07) is 7.42. The second-order valence-corrected chi connectivity index (χ2v) is 5.69. The lowest BCUT2D eigenvalue weighted by Gasteiger charge is -2.31. The van der Waals surface area contributed by atoms with Crippen LogP contribution in [0.25, 0.3) is 0 Å². The molecule has 0 spiro atoms. The van der Waals surface area contributed by atoms with Crippen LogP contribution in [0.1, 0.15) is 38.7 Å². The molecule has 1 aromatic carbocycles. The molecule has 2 rings (SSSR count). The first-order valence-electron chi connectivity index (χ1n) is 6.35. The predicted octanol–water partition coefficient (Wildman–Crippen LogP) is 3.71. The maximum Gasteiger partial charge on any atom is 0.0682 e. The van der Waals surface area contributed by atoms with Crippen molar-refractivity contribution in [1.82, 2.24) is 0 Å². The van der Waals surface area contributed by atoms with E-state index in [2.05, 4.69) is 40.7 Å². The molecule has 0 aromatic heterocycles. The van der Waals surface area contributed by atoms with Gasteiger partial charge in [0.2, 0.25) is 0 Å². The zero-order chi connectivity index (χ0) is 12.4. The van der Waals surface area contributed by atoms with Crippen LogP contribution in [0.3, 0.4) is 0 Å². The number of hydrogen-bond acceptors (Lipinski definition) is 2. The molecule has 2 unspecified atom stereocenters. The Kier molecular flexibility index (Phi) is 4.10. The highest BCUT2D eigenvalue weighted by Gasteiger charge is 2.30. The molecule has 2 nitrogen and oxygen atoms in total. The highest BCUT2D eigenvalue weighted by atomic mass is 79.9. The van der Waals surface area contributed by atoms with Crippen LogP contribution >= 0.6 is 15.9 Å². The van der Waals surface area contributed by atoms with Gasteiger partial charge in [0.05, 0.1) is 12.3 Å². The Morgan fingerprint density at radius 2 is 2.18 bits per heavy atom. The van der Waals surface area contributed by atoms with Crippen LogP contribution < -0.4 is 4.90 Å². The molecule has 1 aliphatic rings. The largest absolute Gasteiger partial charge is 0.392 e. The highest BCUT2D eigenvalue weighted by Crippen LogP contribution is 2.36. The van der Waals surface area contributed by atoms with Crippen molar-refractivity contribution in [2.75, 3.05) is 4.90 Å². The van der Waals surface area contributed by atoms with E-state index in [1.54, 1.807) is 0 Å². The molecule has 0 saturated carbocycles. The Morgan fingerprint density at radius 3 is 2.76 bits per heavy atom. The Hall–Kier alpha value is -0.540. The summed E-state index contributed by atoms with van der Waals surface area (Å²) in [5.41, 5.74) is 2.22. The minimum atomic E-state index is 0.103. The van der Waals surface area contributed by atoms with E-state index in [0.717, 1.165) is 10.0 Å². The van der Waals surface area contributed by atoms with Crippen molar-refractivity contribution in [3.63, 3.8) is 0 Å². The fraction of sp³-hybridized carbons (Fsp3) is 0.571. The van der Waals surface area contributed by atoms with Crippen LogP contribution in [0.2, 0.25) is 0 Å². The van der Waals surface area contributed by atoms with E-state index in [9.17, 15) is 0 Å². The summed E-state index contributed by atoms with van der Waals surface area (Å²) in [6.07, 6.45) is 3.75. The van der Waals surface area contributed by atoms with Gasteiger partial charge in [-0.05, 0) is 59.8 Å². The number of aliphatic hydroxyl groups is 1. The summed E-state index contributed by atoms with van der Waals surface area (Å²) in [7, 11) is 0. The van der Waals surface area contributed by atoms with E-state index in [0.29, 0.717) is 12.1 Å². The first-order chi connectivity index (χ1) is 8.17. The molecule has 1 N–H and O–H groups in total. The third-order valence-corrected chi connectivity index (χ3v) is 4.37. The molecular weight excluding hydrogens is 278 g/mol. The molecule has 3 heteroatoms. The SMILES string of the molecule is CCC1CCC(C)N1c1ccc(CO)cc1Br. The first kappa shape index (κ1) is 12.9. The lowest BCUT2D eigenvalue weighted by Crippen LogP contribution is -2.34. The van der Waals surface area contributed by atoms with Gasteiger partial charge in [-0.2, -0.15) is 0 Å². The number of anilines is 1. The standard InChI is InChI=1S/C14H20BrNO/c1-3-12-6-4-10(2)16(12)14-7-5-11(9-17)8-13(14)15/h5,7-8,10,12,17H,3-4,6,9H2,1-2H3.